The van der Waals surface area contributed by atoms with E-state index in [2.05, 4.69) is 14.7 Å². The number of nitrogens with one attached hydrogen (secondary N) is 1. The Balaban J connectivity index is 2.05. The highest BCUT2D eigenvalue weighted by atomic mass is 16.5. The first kappa shape index (κ1) is 17.1. The van der Waals surface area contributed by atoms with E-state index in [0.717, 1.165) is 27.9 Å². The number of ether oxygens (including phenoxy) is 2. The van der Waals surface area contributed by atoms with Gasteiger partial charge in [0.15, 0.2) is 23.0 Å². The minimum Gasteiger partial charge on any atom is -0.493 e. The van der Waals surface area contributed by atoms with Crippen molar-refractivity contribution in [2.75, 3.05) is 32.6 Å². The second-order valence-corrected chi connectivity index (χ2v) is 6.01. The normalized spacial score (nSPS) is 11.1. The molecule has 0 aliphatic carbocycles. The highest BCUT2D eigenvalue weighted by Crippen LogP contribution is 2.39. The number of rotatable bonds is 6. The molecule has 0 unspecified atom stereocenters. The van der Waals surface area contributed by atoms with Crippen LogP contribution in [0.25, 0.3) is 27.9 Å². The molecule has 0 aliphatic rings. The Bertz CT molecular complexity index is 1110. The summed E-state index contributed by atoms with van der Waals surface area (Å²) in [6.07, 6.45) is 1.83. The van der Waals surface area contributed by atoms with Crippen molar-refractivity contribution < 1.29 is 9.47 Å². The van der Waals surface area contributed by atoms with Gasteiger partial charge in [0, 0.05) is 18.7 Å². The summed E-state index contributed by atoms with van der Waals surface area (Å²) in [5.41, 5.74) is 10.0. The van der Waals surface area contributed by atoms with Crippen LogP contribution in [0.1, 0.15) is 0 Å². The van der Waals surface area contributed by atoms with Crippen LogP contribution in [-0.4, -0.2) is 41.7 Å². The predicted octanol–water partition coefficient (Wildman–Crippen LogP) is 2.94. The summed E-state index contributed by atoms with van der Waals surface area (Å²) in [6.45, 7) is 1.13. The fourth-order valence-corrected chi connectivity index (χ4v) is 3.27. The maximum Gasteiger partial charge on any atom is 0.181 e. The molecular formula is C20H21N5O2. The van der Waals surface area contributed by atoms with Crippen molar-refractivity contribution in [3.8, 4) is 22.8 Å². The third-order valence-electron chi connectivity index (χ3n) is 4.44. The van der Waals surface area contributed by atoms with Gasteiger partial charge < -0.3 is 20.5 Å². The molecule has 2 heterocycles. The van der Waals surface area contributed by atoms with E-state index in [1.807, 2.05) is 48.7 Å². The van der Waals surface area contributed by atoms with Crippen LogP contribution in [0.2, 0.25) is 0 Å². The summed E-state index contributed by atoms with van der Waals surface area (Å²) in [7, 11) is 3.27. The van der Waals surface area contributed by atoms with E-state index in [0.29, 0.717) is 30.4 Å². The zero-order valence-corrected chi connectivity index (χ0v) is 15.3. The van der Waals surface area contributed by atoms with Crippen LogP contribution >= 0.6 is 0 Å². The molecule has 0 saturated carbocycles. The second-order valence-electron chi connectivity index (χ2n) is 6.01. The molecule has 27 heavy (non-hydrogen) atoms. The lowest BCUT2D eigenvalue weighted by Crippen LogP contribution is -2.15. The molecule has 138 valence electrons. The molecule has 0 fully saturated rings. The summed E-state index contributed by atoms with van der Waals surface area (Å²) in [5.74, 6) is 2.04. The van der Waals surface area contributed by atoms with Crippen molar-refractivity contribution in [1.29, 1.82) is 0 Å². The molecule has 7 nitrogen and oxygen atoms in total. The lowest BCUT2D eigenvalue weighted by Gasteiger charge is -2.14. The van der Waals surface area contributed by atoms with Crippen LogP contribution in [-0.2, 0) is 0 Å². The van der Waals surface area contributed by atoms with Crippen LogP contribution in [0, 0.1) is 0 Å². The number of nitrogens with two attached hydrogens (primary N) is 1. The number of methoxy groups -OCH3 is 2. The standard InChI is InChI=1S/C20H21N5O2/c1-26-17-9-5-6-13(18(17)27-2)16-12-23-20-19(22-11-10-21)24-14-7-3-4-8-15(14)25(16)20/h3-9,12H,10-11,21H2,1-2H3,(H,22,24). The van der Waals surface area contributed by atoms with Gasteiger partial charge in [-0.05, 0) is 24.3 Å². The molecule has 0 bridgehead atoms. The number of aromatic nitrogens is 3. The van der Waals surface area contributed by atoms with Crippen molar-refractivity contribution in [2.24, 2.45) is 5.73 Å². The predicted molar refractivity (Wildman–Crippen MR) is 107 cm³/mol. The molecule has 7 heteroatoms. The van der Waals surface area contributed by atoms with Crippen LogP contribution in [0.3, 0.4) is 0 Å². The van der Waals surface area contributed by atoms with Gasteiger partial charge in [-0.3, -0.25) is 4.40 Å². The Hall–Kier alpha value is -3.32. The third kappa shape index (κ3) is 2.82. The fraction of sp³-hybridized carbons (Fsp3) is 0.200. The maximum atomic E-state index is 5.65. The maximum absolute atomic E-state index is 5.65. The number of hydrogen-bond donors (Lipinski definition) is 2. The largest absolute Gasteiger partial charge is 0.493 e. The summed E-state index contributed by atoms with van der Waals surface area (Å²) in [4.78, 5) is 9.35. The van der Waals surface area contributed by atoms with Crippen molar-refractivity contribution in [3.63, 3.8) is 0 Å². The minimum absolute atomic E-state index is 0.512. The minimum atomic E-state index is 0.512. The first-order valence-electron chi connectivity index (χ1n) is 8.70. The molecule has 2 aromatic carbocycles. The topological polar surface area (TPSA) is 86.7 Å². The molecule has 4 rings (SSSR count). The summed E-state index contributed by atoms with van der Waals surface area (Å²) < 4.78 is 13.2. The molecule has 0 aliphatic heterocycles. The number of nitrogens with zero attached hydrogens (tertiary/aromatic N) is 3. The van der Waals surface area contributed by atoms with Crippen LogP contribution in [0.15, 0.2) is 48.7 Å². The van der Waals surface area contributed by atoms with Crippen LogP contribution in [0.5, 0.6) is 11.5 Å². The van der Waals surface area contributed by atoms with E-state index < -0.39 is 0 Å². The number of anilines is 1. The van der Waals surface area contributed by atoms with Gasteiger partial charge in [0.05, 0.1) is 37.1 Å². The molecule has 2 aromatic heterocycles. The van der Waals surface area contributed by atoms with Crippen molar-refractivity contribution in [2.45, 2.75) is 0 Å². The Morgan fingerprint density at radius 3 is 2.70 bits per heavy atom. The SMILES string of the molecule is COc1cccc(-c2cnc3c(NCCN)nc4ccccc4n23)c1OC. The van der Waals surface area contributed by atoms with Gasteiger partial charge in [-0.25, -0.2) is 9.97 Å². The summed E-state index contributed by atoms with van der Waals surface area (Å²) in [6, 6.07) is 13.8. The van der Waals surface area contributed by atoms with Gasteiger partial charge in [0.2, 0.25) is 0 Å². The highest BCUT2D eigenvalue weighted by molar-refractivity contribution is 5.87. The lowest BCUT2D eigenvalue weighted by atomic mass is 10.1. The van der Waals surface area contributed by atoms with Gasteiger partial charge in [-0.2, -0.15) is 0 Å². The smallest absolute Gasteiger partial charge is 0.181 e. The highest BCUT2D eigenvalue weighted by Gasteiger charge is 2.18. The molecule has 0 saturated heterocycles. The number of hydrogen-bond acceptors (Lipinski definition) is 6. The monoisotopic (exact) mass is 363 g/mol. The Morgan fingerprint density at radius 2 is 1.93 bits per heavy atom. The van der Waals surface area contributed by atoms with Gasteiger partial charge in [0.1, 0.15) is 0 Å². The van der Waals surface area contributed by atoms with E-state index in [1.54, 1.807) is 14.2 Å². The van der Waals surface area contributed by atoms with Crippen molar-refractivity contribution in [1.82, 2.24) is 14.4 Å². The van der Waals surface area contributed by atoms with Crippen LogP contribution in [0.4, 0.5) is 5.82 Å². The molecule has 0 amide bonds. The molecular weight excluding hydrogens is 342 g/mol. The Labute approximate surface area is 156 Å². The lowest BCUT2D eigenvalue weighted by molar-refractivity contribution is 0.356. The van der Waals surface area contributed by atoms with E-state index in [1.165, 1.54) is 0 Å². The molecule has 3 N–H and O–H groups in total. The molecule has 4 aromatic rings. The van der Waals surface area contributed by atoms with E-state index in [9.17, 15) is 0 Å². The van der Waals surface area contributed by atoms with E-state index in [4.69, 9.17) is 20.2 Å². The number of para-hydroxylation sites is 3. The molecule has 0 radical (unpaired) electrons. The average Bonchev–Trinajstić information content (AvgIpc) is 3.16. The third-order valence-corrected chi connectivity index (χ3v) is 4.44. The summed E-state index contributed by atoms with van der Waals surface area (Å²) >= 11 is 0. The summed E-state index contributed by atoms with van der Waals surface area (Å²) in [5, 5.41) is 3.27. The zero-order chi connectivity index (χ0) is 18.8. The van der Waals surface area contributed by atoms with Gasteiger partial charge in [-0.15, -0.1) is 0 Å². The molecule has 0 spiro atoms. The van der Waals surface area contributed by atoms with Gasteiger partial charge in [0.25, 0.3) is 0 Å². The van der Waals surface area contributed by atoms with Gasteiger partial charge >= 0.3 is 0 Å². The number of fused-ring (bicyclic) bond motifs is 3. The van der Waals surface area contributed by atoms with Crippen molar-refractivity contribution >= 4 is 22.5 Å². The number of benzene rings is 2. The van der Waals surface area contributed by atoms with Crippen molar-refractivity contribution in [3.05, 3.63) is 48.7 Å². The van der Waals surface area contributed by atoms with E-state index in [-0.39, 0.29) is 0 Å². The fourth-order valence-electron chi connectivity index (χ4n) is 3.27. The second kappa shape index (κ2) is 7.13. The zero-order valence-electron chi connectivity index (χ0n) is 15.3. The Morgan fingerprint density at radius 1 is 1.07 bits per heavy atom. The molecule has 0 atom stereocenters. The van der Waals surface area contributed by atoms with Gasteiger partial charge in [-0.1, -0.05) is 18.2 Å². The first-order chi connectivity index (χ1) is 13.3. The number of imidazole rings is 1. The van der Waals surface area contributed by atoms with E-state index >= 15 is 0 Å². The Kier molecular flexibility index (Phi) is 4.52. The first-order valence-corrected chi connectivity index (χ1v) is 8.70. The average molecular weight is 363 g/mol. The van der Waals surface area contributed by atoms with Crippen LogP contribution < -0.4 is 20.5 Å². The quantitative estimate of drug-likeness (QED) is 0.548.